The third-order valence-corrected chi connectivity index (χ3v) is 3.96. The number of hydrogen-bond acceptors (Lipinski definition) is 3. The van der Waals surface area contributed by atoms with Crippen molar-refractivity contribution in [2.24, 2.45) is 5.73 Å². The molecule has 3 nitrogen and oxygen atoms in total. The first-order valence-corrected chi connectivity index (χ1v) is 7.68. The first-order chi connectivity index (χ1) is 9.63. The quantitative estimate of drug-likeness (QED) is 0.813. The second-order valence-corrected chi connectivity index (χ2v) is 5.96. The van der Waals surface area contributed by atoms with E-state index in [0.717, 1.165) is 26.0 Å². The fourth-order valence-corrected chi connectivity index (χ4v) is 2.68. The van der Waals surface area contributed by atoms with Gasteiger partial charge in [-0.05, 0) is 51.8 Å². The van der Waals surface area contributed by atoms with E-state index in [1.54, 1.807) is 7.11 Å². The molecule has 0 aliphatic carbocycles. The van der Waals surface area contributed by atoms with Crippen LogP contribution in [0.15, 0.2) is 51.4 Å². The number of methoxy groups -OCH3 is 1. The number of nitrogens with two attached hydrogens (primary N) is 1. The largest absolute Gasteiger partial charge is 0.497 e. The highest BCUT2D eigenvalue weighted by molar-refractivity contribution is 9.10. The zero-order valence-corrected chi connectivity index (χ0v) is 14.1. The molecule has 20 heavy (non-hydrogen) atoms. The number of rotatable bonds is 5. The van der Waals surface area contributed by atoms with Crippen molar-refractivity contribution >= 4 is 31.9 Å². The first-order valence-electron chi connectivity index (χ1n) is 6.09. The fourth-order valence-electron chi connectivity index (χ4n) is 1.82. The molecule has 2 rings (SSSR count). The Kier molecular flexibility index (Phi) is 5.46. The summed E-state index contributed by atoms with van der Waals surface area (Å²) >= 11 is 6.93. The minimum absolute atomic E-state index is 0.197. The standard InChI is InChI=1S/C15H15Br2NO2/c1-19-12-5-6-14(13(17)8-12)20-15(9-18)10-3-2-4-11(16)7-10/h2-8,15H,9,18H2,1H3. The SMILES string of the molecule is COc1ccc(OC(CN)c2cccc(Br)c2)c(Br)c1. The zero-order chi connectivity index (χ0) is 14.5. The summed E-state index contributed by atoms with van der Waals surface area (Å²) in [5, 5.41) is 0. The van der Waals surface area contributed by atoms with Crippen LogP contribution in [0.1, 0.15) is 11.7 Å². The lowest BCUT2D eigenvalue weighted by molar-refractivity contribution is 0.212. The minimum atomic E-state index is -0.197. The van der Waals surface area contributed by atoms with E-state index in [1.165, 1.54) is 0 Å². The van der Waals surface area contributed by atoms with Gasteiger partial charge in [0.05, 0.1) is 11.6 Å². The van der Waals surface area contributed by atoms with E-state index in [1.807, 2.05) is 42.5 Å². The highest BCUT2D eigenvalue weighted by Gasteiger charge is 2.14. The summed E-state index contributed by atoms with van der Waals surface area (Å²) in [6.07, 6.45) is -0.197. The monoisotopic (exact) mass is 399 g/mol. The molecule has 0 aliphatic rings. The Labute approximate surface area is 135 Å². The van der Waals surface area contributed by atoms with Crippen LogP contribution in [-0.2, 0) is 0 Å². The molecule has 0 spiro atoms. The highest BCUT2D eigenvalue weighted by Crippen LogP contribution is 2.32. The van der Waals surface area contributed by atoms with Crippen LogP contribution in [0, 0.1) is 0 Å². The number of hydrogen-bond donors (Lipinski definition) is 1. The molecule has 0 saturated carbocycles. The lowest BCUT2D eigenvalue weighted by Crippen LogP contribution is -2.18. The Morgan fingerprint density at radius 1 is 1.15 bits per heavy atom. The fraction of sp³-hybridized carbons (Fsp3) is 0.200. The van der Waals surface area contributed by atoms with Crippen LogP contribution in [0.3, 0.4) is 0 Å². The molecular weight excluding hydrogens is 386 g/mol. The van der Waals surface area contributed by atoms with Crippen LogP contribution < -0.4 is 15.2 Å². The van der Waals surface area contributed by atoms with Crippen molar-refractivity contribution in [1.82, 2.24) is 0 Å². The molecule has 2 aromatic carbocycles. The van der Waals surface area contributed by atoms with Gasteiger partial charge in [0.2, 0.25) is 0 Å². The summed E-state index contributed by atoms with van der Waals surface area (Å²) in [6, 6.07) is 13.5. The Balaban J connectivity index is 2.22. The van der Waals surface area contributed by atoms with Crippen molar-refractivity contribution < 1.29 is 9.47 Å². The lowest BCUT2D eigenvalue weighted by atomic mass is 10.1. The molecule has 5 heteroatoms. The van der Waals surface area contributed by atoms with Crippen molar-refractivity contribution in [3.63, 3.8) is 0 Å². The topological polar surface area (TPSA) is 44.5 Å². The first kappa shape index (κ1) is 15.4. The summed E-state index contributed by atoms with van der Waals surface area (Å²) in [6.45, 7) is 0.398. The maximum Gasteiger partial charge on any atom is 0.136 e. The Morgan fingerprint density at radius 2 is 1.95 bits per heavy atom. The molecule has 106 valence electrons. The molecule has 2 aromatic rings. The van der Waals surface area contributed by atoms with Gasteiger partial charge in [0.15, 0.2) is 0 Å². The van der Waals surface area contributed by atoms with Crippen LogP contribution in [0.25, 0.3) is 0 Å². The molecule has 1 atom stereocenters. The molecule has 0 saturated heterocycles. The summed E-state index contributed by atoms with van der Waals surface area (Å²) in [5.74, 6) is 1.51. The molecule has 0 aliphatic heterocycles. The maximum absolute atomic E-state index is 5.99. The minimum Gasteiger partial charge on any atom is -0.497 e. The van der Waals surface area contributed by atoms with E-state index in [0.29, 0.717) is 6.54 Å². The van der Waals surface area contributed by atoms with Crippen molar-refractivity contribution in [3.8, 4) is 11.5 Å². The third kappa shape index (κ3) is 3.75. The van der Waals surface area contributed by atoms with Gasteiger partial charge < -0.3 is 15.2 Å². The Bertz CT molecular complexity index is 590. The predicted molar refractivity (Wildman–Crippen MR) is 87.3 cm³/mol. The molecule has 2 N–H and O–H groups in total. The van der Waals surface area contributed by atoms with E-state index < -0.39 is 0 Å². The molecule has 1 unspecified atom stereocenters. The van der Waals surface area contributed by atoms with Crippen LogP contribution >= 0.6 is 31.9 Å². The van der Waals surface area contributed by atoms with Crippen LogP contribution in [0.5, 0.6) is 11.5 Å². The van der Waals surface area contributed by atoms with E-state index in [2.05, 4.69) is 31.9 Å². The number of benzene rings is 2. The van der Waals surface area contributed by atoms with E-state index in [4.69, 9.17) is 15.2 Å². The number of ether oxygens (including phenoxy) is 2. The van der Waals surface area contributed by atoms with Gasteiger partial charge in [0.25, 0.3) is 0 Å². The molecular formula is C15H15Br2NO2. The molecule has 0 radical (unpaired) electrons. The van der Waals surface area contributed by atoms with Gasteiger partial charge in [0.1, 0.15) is 17.6 Å². The van der Waals surface area contributed by atoms with Crippen LogP contribution in [0.4, 0.5) is 0 Å². The zero-order valence-electron chi connectivity index (χ0n) is 11.0. The average molecular weight is 401 g/mol. The normalized spacial score (nSPS) is 12.0. The van der Waals surface area contributed by atoms with Crippen LogP contribution in [-0.4, -0.2) is 13.7 Å². The lowest BCUT2D eigenvalue weighted by Gasteiger charge is -2.19. The van der Waals surface area contributed by atoms with Crippen molar-refractivity contribution in [1.29, 1.82) is 0 Å². The van der Waals surface area contributed by atoms with Gasteiger partial charge in [-0.25, -0.2) is 0 Å². The summed E-state index contributed by atoms with van der Waals surface area (Å²) in [4.78, 5) is 0. The van der Waals surface area contributed by atoms with Gasteiger partial charge in [-0.2, -0.15) is 0 Å². The van der Waals surface area contributed by atoms with Crippen LogP contribution in [0.2, 0.25) is 0 Å². The summed E-state index contributed by atoms with van der Waals surface area (Å²) < 4.78 is 13.0. The summed E-state index contributed by atoms with van der Waals surface area (Å²) in [5.41, 5.74) is 6.86. The summed E-state index contributed by atoms with van der Waals surface area (Å²) in [7, 11) is 1.63. The smallest absolute Gasteiger partial charge is 0.136 e. The second kappa shape index (κ2) is 7.11. The Hall–Kier alpha value is -1.04. The van der Waals surface area contributed by atoms with Gasteiger partial charge in [-0.15, -0.1) is 0 Å². The maximum atomic E-state index is 5.99. The van der Waals surface area contributed by atoms with Gasteiger partial charge in [-0.3, -0.25) is 0 Å². The van der Waals surface area contributed by atoms with Gasteiger partial charge >= 0.3 is 0 Å². The number of halogens is 2. The van der Waals surface area contributed by atoms with Crippen molar-refractivity contribution in [2.45, 2.75) is 6.10 Å². The highest BCUT2D eigenvalue weighted by atomic mass is 79.9. The van der Waals surface area contributed by atoms with E-state index in [-0.39, 0.29) is 6.10 Å². The molecule has 0 amide bonds. The third-order valence-electron chi connectivity index (χ3n) is 2.84. The van der Waals surface area contributed by atoms with E-state index >= 15 is 0 Å². The predicted octanol–water partition coefficient (Wildman–Crippen LogP) is 4.30. The molecule has 0 heterocycles. The molecule has 0 aromatic heterocycles. The van der Waals surface area contributed by atoms with Gasteiger partial charge in [-0.1, -0.05) is 28.1 Å². The van der Waals surface area contributed by atoms with E-state index in [9.17, 15) is 0 Å². The molecule has 0 bridgehead atoms. The second-order valence-electron chi connectivity index (χ2n) is 4.19. The molecule has 0 fully saturated rings. The Morgan fingerprint density at radius 3 is 2.55 bits per heavy atom. The average Bonchev–Trinajstić information content (AvgIpc) is 2.46. The van der Waals surface area contributed by atoms with Crippen molar-refractivity contribution in [3.05, 3.63) is 57.0 Å². The van der Waals surface area contributed by atoms with Crippen molar-refractivity contribution in [2.75, 3.05) is 13.7 Å². The van der Waals surface area contributed by atoms with Gasteiger partial charge in [0, 0.05) is 11.0 Å².